The zero-order valence-corrected chi connectivity index (χ0v) is 11.5. The van der Waals surface area contributed by atoms with Gasteiger partial charge in [0, 0.05) is 11.5 Å². The summed E-state index contributed by atoms with van der Waals surface area (Å²) < 4.78 is 2.27. The second-order valence-electron chi connectivity index (χ2n) is 6.40. The van der Waals surface area contributed by atoms with Crippen LogP contribution >= 0.6 is 11.6 Å². The van der Waals surface area contributed by atoms with Gasteiger partial charge in [-0.05, 0) is 45.4 Å². The second-order valence-corrected chi connectivity index (χ2v) is 6.67. The predicted octanol–water partition coefficient (Wildman–Crippen LogP) is 3.29. The molecule has 2 unspecified atom stereocenters. The number of halogens is 1. The Labute approximate surface area is 108 Å². The Morgan fingerprint density at radius 2 is 1.88 bits per heavy atom. The third kappa shape index (κ3) is 1.70. The van der Waals surface area contributed by atoms with Crippen LogP contribution < -0.4 is 0 Å². The average molecular weight is 254 g/mol. The monoisotopic (exact) mass is 253 g/mol. The first kappa shape index (κ1) is 11.5. The number of hydrogen-bond acceptors (Lipinski definition) is 2. The molecule has 0 saturated heterocycles. The molecule has 0 amide bonds. The van der Waals surface area contributed by atoms with Gasteiger partial charge in [-0.1, -0.05) is 6.42 Å². The van der Waals surface area contributed by atoms with Crippen molar-refractivity contribution in [1.82, 2.24) is 14.8 Å². The van der Waals surface area contributed by atoms with Gasteiger partial charge >= 0.3 is 0 Å². The zero-order chi connectivity index (χ0) is 12.2. The highest BCUT2D eigenvalue weighted by Gasteiger charge is 2.56. The molecule has 4 heteroatoms. The van der Waals surface area contributed by atoms with E-state index < -0.39 is 0 Å². The number of nitrogens with zero attached hydrogens (tertiary/aromatic N) is 3. The van der Waals surface area contributed by atoms with Crippen molar-refractivity contribution in [2.75, 3.05) is 0 Å². The average Bonchev–Trinajstić information content (AvgIpc) is 2.72. The lowest BCUT2D eigenvalue weighted by Crippen LogP contribution is -2.26. The van der Waals surface area contributed by atoms with Crippen LogP contribution in [0.15, 0.2) is 0 Å². The highest BCUT2D eigenvalue weighted by Crippen LogP contribution is 2.62. The Kier molecular flexibility index (Phi) is 2.51. The Balaban J connectivity index is 1.98. The number of alkyl halides is 1. The van der Waals surface area contributed by atoms with Crippen molar-refractivity contribution in [1.29, 1.82) is 0 Å². The smallest absolute Gasteiger partial charge is 0.148 e. The van der Waals surface area contributed by atoms with E-state index >= 15 is 0 Å². The summed E-state index contributed by atoms with van der Waals surface area (Å²) in [6, 6.07) is 0. The minimum atomic E-state index is 0.0277. The molecule has 2 atom stereocenters. The van der Waals surface area contributed by atoms with Crippen molar-refractivity contribution in [2.24, 2.45) is 11.8 Å². The predicted molar refractivity (Wildman–Crippen MR) is 68.1 cm³/mol. The van der Waals surface area contributed by atoms with Gasteiger partial charge in [-0.25, -0.2) is 0 Å². The lowest BCUT2D eigenvalue weighted by Gasteiger charge is -2.25. The number of fused-ring (bicyclic) bond motifs is 1. The maximum atomic E-state index is 5.97. The van der Waals surface area contributed by atoms with E-state index in [0.29, 0.717) is 11.8 Å². The SMILES string of the molecule is CC(C)(C)n1c(CCl)nnc1C1C2CCCC21. The molecule has 1 aromatic rings. The molecule has 0 aliphatic heterocycles. The molecule has 2 saturated carbocycles. The molecule has 0 aromatic carbocycles. The van der Waals surface area contributed by atoms with Crippen molar-refractivity contribution in [3.63, 3.8) is 0 Å². The highest BCUT2D eigenvalue weighted by atomic mass is 35.5. The van der Waals surface area contributed by atoms with Gasteiger partial charge in [0.1, 0.15) is 11.6 Å². The van der Waals surface area contributed by atoms with Crippen LogP contribution in [0.2, 0.25) is 0 Å². The van der Waals surface area contributed by atoms with E-state index in [1.165, 1.54) is 25.1 Å². The van der Waals surface area contributed by atoms with Gasteiger partial charge in [0.15, 0.2) is 0 Å². The number of aromatic nitrogens is 3. The molecule has 2 aliphatic rings. The van der Waals surface area contributed by atoms with Crippen LogP contribution in [0.4, 0.5) is 0 Å². The minimum absolute atomic E-state index is 0.0277. The van der Waals surface area contributed by atoms with Gasteiger partial charge in [-0.15, -0.1) is 21.8 Å². The number of hydrogen-bond donors (Lipinski definition) is 0. The van der Waals surface area contributed by atoms with Crippen LogP contribution in [0.5, 0.6) is 0 Å². The lowest BCUT2D eigenvalue weighted by atomic mass is 10.1. The first-order valence-corrected chi connectivity index (χ1v) is 7.08. The molecule has 0 spiro atoms. The molecule has 3 nitrogen and oxygen atoms in total. The fourth-order valence-electron chi connectivity index (χ4n) is 3.57. The minimum Gasteiger partial charge on any atom is -0.308 e. The summed E-state index contributed by atoms with van der Waals surface area (Å²) in [4.78, 5) is 0. The lowest BCUT2D eigenvalue weighted by molar-refractivity contribution is 0.368. The van der Waals surface area contributed by atoms with Gasteiger partial charge in [0.25, 0.3) is 0 Å². The van der Waals surface area contributed by atoms with E-state index in [1.54, 1.807) is 0 Å². The van der Waals surface area contributed by atoms with E-state index in [1.807, 2.05) is 0 Å². The fraction of sp³-hybridized carbons (Fsp3) is 0.846. The Bertz CT molecular complexity index is 422. The molecule has 0 bridgehead atoms. The van der Waals surface area contributed by atoms with Crippen LogP contribution in [0.3, 0.4) is 0 Å². The molecule has 1 aromatic heterocycles. The van der Waals surface area contributed by atoms with E-state index in [9.17, 15) is 0 Å². The summed E-state index contributed by atoms with van der Waals surface area (Å²) in [6.07, 6.45) is 4.16. The summed E-state index contributed by atoms with van der Waals surface area (Å²) in [6.45, 7) is 6.61. The first-order valence-electron chi connectivity index (χ1n) is 6.54. The molecule has 94 valence electrons. The fourth-order valence-corrected chi connectivity index (χ4v) is 3.74. The largest absolute Gasteiger partial charge is 0.308 e. The zero-order valence-electron chi connectivity index (χ0n) is 10.8. The Hall–Kier alpha value is -0.570. The Morgan fingerprint density at radius 3 is 2.41 bits per heavy atom. The van der Waals surface area contributed by atoms with Crippen LogP contribution in [0.1, 0.15) is 57.6 Å². The van der Waals surface area contributed by atoms with Crippen molar-refractivity contribution < 1.29 is 0 Å². The summed E-state index contributed by atoms with van der Waals surface area (Å²) in [5.74, 6) is 4.97. The third-order valence-corrected chi connectivity index (χ3v) is 4.49. The van der Waals surface area contributed by atoms with Crippen LogP contribution in [0, 0.1) is 11.8 Å². The van der Waals surface area contributed by atoms with Crippen LogP contribution in [0.25, 0.3) is 0 Å². The van der Waals surface area contributed by atoms with Crippen LogP contribution in [-0.2, 0) is 11.4 Å². The van der Waals surface area contributed by atoms with Gasteiger partial charge in [-0.3, -0.25) is 0 Å². The molecule has 3 rings (SSSR count). The molecule has 0 radical (unpaired) electrons. The van der Waals surface area contributed by atoms with Crippen LogP contribution in [-0.4, -0.2) is 14.8 Å². The summed E-state index contributed by atoms with van der Waals surface area (Å²) in [5, 5.41) is 8.70. The molecule has 0 N–H and O–H groups in total. The Morgan fingerprint density at radius 1 is 1.24 bits per heavy atom. The van der Waals surface area contributed by atoms with E-state index in [4.69, 9.17) is 11.6 Å². The van der Waals surface area contributed by atoms with E-state index in [-0.39, 0.29) is 5.54 Å². The van der Waals surface area contributed by atoms with Crippen molar-refractivity contribution in [2.45, 2.75) is 57.4 Å². The molecule has 1 heterocycles. The van der Waals surface area contributed by atoms with Crippen molar-refractivity contribution in [3.8, 4) is 0 Å². The highest BCUT2D eigenvalue weighted by molar-refractivity contribution is 6.16. The van der Waals surface area contributed by atoms with Gasteiger partial charge < -0.3 is 4.57 Å². The van der Waals surface area contributed by atoms with Gasteiger partial charge in [-0.2, -0.15) is 0 Å². The molecule has 2 fully saturated rings. The maximum absolute atomic E-state index is 5.97. The van der Waals surface area contributed by atoms with Crippen molar-refractivity contribution in [3.05, 3.63) is 11.6 Å². The summed E-state index contributed by atoms with van der Waals surface area (Å²) >= 11 is 5.97. The summed E-state index contributed by atoms with van der Waals surface area (Å²) in [5.41, 5.74) is 0.0277. The van der Waals surface area contributed by atoms with Gasteiger partial charge in [0.05, 0.1) is 5.88 Å². The topological polar surface area (TPSA) is 30.7 Å². The van der Waals surface area contributed by atoms with E-state index in [2.05, 4.69) is 35.5 Å². The number of rotatable bonds is 2. The standard InChI is InChI=1S/C13H20ClN3/c1-13(2,3)17-10(7-14)15-16-12(17)11-8-5-4-6-9(8)11/h8-9,11H,4-7H2,1-3H3. The maximum Gasteiger partial charge on any atom is 0.148 e. The molecular weight excluding hydrogens is 234 g/mol. The van der Waals surface area contributed by atoms with Crippen molar-refractivity contribution >= 4 is 11.6 Å². The molecule has 2 aliphatic carbocycles. The third-order valence-electron chi connectivity index (χ3n) is 4.25. The molecule has 17 heavy (non-hydrogen) atoms. The van der Waals surface area contributed by atoms with Gasteiger partial charge in [0.2, 0.25) is 0 Å². The molecular formula is C13H20ClN3. The normalized spacial score (nSPS) is 31.6. The van der Waals surface area contributed by atoms with E-state index in [0.717, 1.165) is 17.7 Å². The first-order chi connectivity index (χ1) is 8.04. The summed E-state index contributed by atoms with van der Waals surface area (Å²) in [7, 11) is 0. The second kappa shape index (κ2) is 3.71. The quantitative estimate of drug-likeness (QED) is 0.758.